The van der Waals surface area contributed by atoms with Crippen LogP contribution in [0.3, 0.4) is 0 Å². The number of hydrogen-bond donors (Lipinski definition) is 0. The Morgan fingerprint density at radius 2 is 1.25 bits per heavy atom. The monoisotopic (exact) mass is 396 g/mol. The molecule has 4 heavy (non-hydrogen) atoms. The molecular weight excluding hydrogens is 392 g/mol. The van der Waals surface area contributed by atoms with Crippen LogP contribution in [0.1, 0.15) is 0 Å². The molecule has 0 amide bonds. The van der Waals surface area contributed by atoms with Gasteiger partial charge in [0.2, 0.25) is 0 Å². The van der Waals surface area contributed by atoms with E-state index in [-0.39, 0.29) is 8.41 Å². The predicted molar refractivity (Wildman–Crippen MR) is 53.4 cm³/mol. The summed E-state index contributed by atoms with van der Waals surface area (Å²) in [5.41, 5.74) is 0. The standard InChI is InChI=1S/BH3.HI3/c;1-3-2/h1H3;3H. The van der Waals surface area contributed by atoms with Gasteiger partial charge in [0.25, 0.3) is 0 Å². The van der Waals surface area contributed by atoms with Gasteiger partial charge in [-0.05, 0) is 0 Å². The van der Waals surface area contributed by atoms with Crippen molar-refractivity contribution in [2.75, 3.05) is 0 Å². The van der Waals surface area contributed by atoms with Crippen LogP contribution in [-0.2, 0) is 0 Å². The summed E-state index contributed by atoms with van der Waals surface area (Å²) in [5, 5.41) is 0. The fourth-order valence-corrected chi connectivity index (χ4v) is 0. The van der Waals surface area contributed by atoms with Crippen molar-refractivity contribution in [3.63, 3.8) is 0 Å². The molecule has 0 aliphatic heterocycles. The van der Waals surface area contributed by atoms with Gasteiger partial charge in [-0.25, -0.2) is 0 Å². The third kappa shape index (κ3) is 8.87. The van der Waals surface area contributed by atoms with Gasteiger partial charge in [0.15, 0.2) is 0 Å². The fourth-order valence-electron chi connectivity index (χ4n) is 0. The first-order chi connectivity index (χ1) is 1.41. The molecule has 0 spiro atoms. The van der Waals surface area contributed by atoms with Gasteiger partial charge in [-0.3, -0.25) is 0 Å². The van der Waals surface area contributed by atoms with Crippen molar-refractivity contribution in [3.8, 4) is 0 Å². The van der Waals surface area contributed by atoms with Gasteiger partial charge in [0.05, 0.1) is 8.41 Å². The zero-order valence-corrected chi connectivity index (χ0v) is 7.81. The van der Waals surface area contributed by atoms with E-state index in [1.54, 1.807) is 0 Å². The molecule has 0 saturated carbocycles. The van der Waals surface area contributed by atoms with Crippen LogP contribution in [0.15, 0.2) is 0 Å². The van der Waals surface area contributed by atoms with Crippen LogP contribution in [0.4, 0.5) is 0 Å². The van der Waals surface area contributed by atoms with Gasteiger partial charge in [-0.15, -0.1) is 0 Å². The van der Waals surface area contributed by atoms with E-state index in [9.17, 15) is 0 Å². The van der Waals surface area contributed by atoms with E-state index in [1.807, 2.05) is 0 Å². The molecule has 0 rings (SSSR count). The van der Waals surface area contributed by atoms with Gasteiger partial charge < -0.3 is 0 Å². The summed E-state index contributed by atoms with van der Waals surface area (Å²) < 4.78 is 0. The molecule has 28 valence electrons. The van der Waals surface area contributed by atoms with Crippen LogP contribution in [0.25, 0.3) is 0 Å². The first-order valence-corrected chi connectivity index (χ1v) is 13.9. The van der Waals surface area contributed by atoms with E-state index in [2.05, 4.69) is 37.2 Å². The van der Waals surface area contributed by atoms with Crippen LogP contribution >= 0.6 is 50.5 Å². The average Bonchev–Trinajstić information content (AvgIpc) is 0.918. The second-order valence-electron chi connectivity index (χ2n) is 0.0583. The quantitative estimate of drug-likeness (QED) is 0.427. The summed E-state index contributed by atoms with van der Waals surface area (Å²) in [7, 11) is 0. The molecule has 0 N–H and O–H groups in total. The Morgan fingerprint density at radius 3 is 1.25 bits per heavy atom. The molecule has 0 aromatic rings. The zero-order valence-electron chi connectivity index (χ0n) is 1.16. The molecule has 0 unspecified atom stereocenters. The Hall–Kier alpha value is 2.25. The molecule has 0 bridgehead atoms. The van der Waals surface area contributed by atoms with Crippen LogP contribution < -0.4 is 0 Å². The van der Waals surface area contributed by atoms with E-state index in [0.717, 1.165) is 0 Å². The first kappa shape index (κ1) is 9.54. The molecule has 0 fully saturated rings. The normalized spacial score (nSPS) is 5.50. The third-order valence-corrected chi connectivity index (χ3v) is 0. The zero-order chi connectivity index (χ0) is 2.71. The number of hydrogen-bond acceptors (Lipinski definition) is 0. The van der Waals surface area contributed by atoms with Crippen molar-refractivity contribution >= 4 is 58.9 Å². The minimum absolute atomic E-state index is 0. The molecular formula is H4BI3. The van der Waals surface area contributed by atoms with Crippen LogP contribution in [0.2, 0.25) is 0 Å². The molecule has 0 heterocycles. The van der Waals surface area contributed by atoms with E-state index < -0.39 is 0 Å². The maximum atomic E-state index is 2.41. The van der Waals surface area contributed by atoms with E-state index in [4.69, 9.17) is 0 Å². The van der Waals surface area contributed by atoms with Crippen molar-refractivity contribution in [1.29, 1.82) is 0 Å². The summed E-state index contributed by atoms with van der Waals surface area (Å²) in [6.45, 7) is 0. The van der Waals surface area contributed by atoms with Crippen molar-refractivity contribution < 1.29 is 0 Å². The molecule has 4 heteroatoms. The summed E-state index contributed by atoms with van der Waals surface area (Å²) >= 11 is 5.22. The molecule has 0 atom stereocenters. The second-order valence-corrected chi connectivity index (χ2v) is 17.6. The molecule has 0 radical (unpaired) electrons. The topological polar surface area (TPSA) is 0 Å². The Bertz CT molecular complexity index is 3.25. The third-order valence-electron chi connectivity index (χ3n) is 0. The maximum absolute atomic E-state index is 2.41. The first-order valence-electron chi connectivity index (χ1n) is 0.309. The average molecular weight is 396 g/mol. The van der Waals surface area contributed by atoms with Crippen molar-refractivity contribution in [2.45, 2.75) is 0 Å². The fraction of sp³-hybridized carbons (Fsp3) is 0. The van der Waals surface area contributed by atoms with Gasteiger partial charge in [0.1, 0.15) is 0 Å². The summed E-state index contributed by atoms with van der Waals surface area (Å²) in [4.78, 5) is 0. The summed E-state index contributed by atoms with van der Waals surface area (Å²) in [5.74, 6) is 0. The van der Waals surface area contributed by atoms with Gasteiger partial charge in [-0.1, -0.05) is 0 Å². The van der Waals surface area contributed by atoms with E-state index in [0.29, 0.717) is 13.3 Å². The van der Waals surface area contributed by atoms with Crippen molar-refractivity contribution in [1.82, 2.24) is 0 Å². The van der Waals surface area contributed by atoms with Crippen LogP contribution in [-0.4, -0.2) is 8.41 Å². The Balaban J connectivity index is 0. The van der Waals surface area contributed by atoms with Crippen molar-refractivity contribution in [2.24, 2.45) is 0 Å². The van der Waals surface area contributed by atoms with Crippen molar-refractivity contribution in [3.05, 3.63) is 0 Å². The van der Waals surface area contributed by atoms with Crippen LogP contribution in [0.5, 0.6) is 0 Å². The molecule has 0 aromatic heterocycles. The van der Waals surface area contributed by atoms with E-state index in [1.165, 1.54) is 0 Å². The molecule has 0 aliphatic rings. The predicted octanol–water partition coefficient (Wildman–Crippen LogP) is 1.21. The van der Waals surface area contributed by atoms with Gasteiger partial charge >= 0.3 is 50.5 Å². The second kappa shape index (κ2) is 8.98. The molecule has 0 saturated heterocycles. The molecule has 0 aliphatic carbocycles. The van der Waals surface area contributed by atoms with Gasteiger partial charge in [-0.2, -0.15) is 0 Å². The molecule has 0 nitrogen and oxygen atoms in total. The molecule has 0 aromatic carbocycles. The number of rotatable bonds is 0. The Labute approximate surface area is 57.7 Å². The Kier molecular flexibility index (Phi) is 21.4. The Morgan fingerprint density at radius 1 is 1.25 bits per heavy atom. The minimum atomic E-state index is 0. The summed E-state index contributed by atoms with van der Waals surface area (Å²) in [6, 6.07) is 0. The van der Waals surface area contributed by atoms with Gasteiger partial charge in [0, 0.05) is 0 Å². The SMILES string of the molecule is B.I[IH]I. The number of halogens is 3. The summed E-state index contributed by atoms with van der Waals surface area (Å²) in [6.07, 6.45) is 0. The van der Waals surface area contributed by atoms with Crippen LogP contribution in [0, 0.1) is 0 Å². The van der Waals surface area contributed by atoms with E-state index >= 15 is 0 Å².